The minimum absolute atomic E-state index is 0.184. The number of rotatable bonds is 5. The number of aliphatic hydroxyl groups is 1. The van der Waals surface area contributed by atoms with Crippen LogP contribution in [0.1, 0.15) is 50.2 Å². The van der Waals surface area contributed by atoms with E-state index in [-0.39, 0.29) is 5.60 Å². The van der Waals surface area contributed by atoms with Gasteiger partial charge in [-0.25, -0.2) is 0 Å². The van der Waals surface area contributed by atoms with E-state index >= 15 is 0 Å². The van der Waals surface area contributed by atoms with Crippen molar-refractivity contribution >= 4 is 0 Å². The van der Waals surface area contributed by atoms with Crippen molar-refractivity contribution in [2.24, 2.45) is 0 Å². The second-order valence-corrected chi connectivity index (χ2v) is 6.61. The molecule has 0 bridgehead atoms. The Bertz CT molecular complexity index is 475. The average Bonchev–Trinajstić information content (AvgIpc) is 3.02. The lowest BCUT2D eigenvalue weighted by atomic mass is 9.80. The first kappa shape index (κ1) is 15.8. The van der Waals surface area contributed by atoms with Gasteiger partial charge in [0.05, 0.1) is 18.8 Å². The van der Waals surface area contributed by atoms with Crippen LogP contribution in [0.5, 0.6) is 5.75 Å². The number of aliphatic hydroxyl groups excluding tert-OH is 1. The highest BCUT2D eigenvalue weighted by Crippen LogP contribution is 2.39. The lowest BCUT2D eigenvalue weighted by molar-refractivity contribution is -0.0307. The van der Waals surface area contributed by atoms with E-state index in [2.05, 4.69) is 5.32 Å². The lowest BCUT2D eigenvalue weighted by Gasteiger charge is -2.37. The Morgan fingerprint density at radius 2 is 2.18 bits per heavy atom. The smallest absolute Gasteiger partial charge is 0.119 e. The molecule has 0 aromatic heterocycles. The Hall–Kier alpha value is -1.10. The molecule has 22 heavy (non-hydrogen) atoms. The van der Waals surface area contributed by atoms with Crippen LogP contribution < -0.4 is 10.1 Å². The normalized spacial score (nSPS) is 29.6. The largest absolute Gasteiger partial charge is 0.497 e. The second-order valence-electron chi connectivity index (χ2n) is 6.61. The van der Waals surface area contributed by atoms with Crippen LogP contribution in [0.15, 0.2) is 24.3 Å². The molecule has 0 amide bonds. The third-order valence-electron chi connectivity index (χ3n) is 5.16. The third kappa shape index (κ3) is 3.62. The fourth-order valence-electron chi connectivity index (χ4n) is 3.74. The van der Waals surface area contributed by atoms with Crippen LogP contribution in [-0.4, -0.2) is 37.0 Å². The minimum Gasteiger partial charge on any atom is -0.497 e. The van der Waals surface area contributed by atoms with Crippen LogP contribution in [0.4, 0.5) is 0 Å². The van der Waals surface area contributed by atoms with E-state index in [9.17, 15) is 5.11 Å². The first-order chi connectivity index (χ1) is 10.7. The first-order valence-electron chi connectivity index (χ1n) is 8.40. The maximum Gasteiger partial charge on any atom is 0.119 e. The molecule has 2 N–H and O–H groups in total. The van der Waals surface area contributed by atoms with Gasteiger partial charge in [-0.1, -0.05) is 12.1 Å². The molecule has 4 heteroatoms. The summed E-state index contributed by atoms with van der Waals surface area (Å²) in [7, 11) is 1.65. The van der Waals surface area contributed by atoms with Crippen LogP contribution in [-0.2, 0) is 4.74 Å². The summed E-state index contributed by atoms with van der Waals surface area (Å²) in [5, 5.41) is 13.9. The van der Waals surface area contributed by atoms with Crippen LogP contribution in [0, 0.1) is 0 Å². The molecule has 1 aromatic rings. The molecule has 1 saturated heterocycles. The molecule has 4 nitrogen and oxygen atoms in total. The summed E-state index contributed by atoms with van der Waals surface area (Å²) in [5.74, 6) is 0.787. The fourth-order valence-corrected chi connectivity index (χ4v) is 3.74. The van der Waals surface area contributed by atoms with Gasteiger partial charge in [0.1, 0.15) is 5.75 Å². The summed E-state index contributed by atoms with van der Waals surface area (Å²) in [6, 6.07) is 8.14. The van der Waals surface area contributed by atoms with Gasteiger partial charge < -0.3 is 19.9 Å². The zero-order valence-electron chi connectivity index (χ0n) is 13.4. The second kappa shape index (κ2) is 6.99. The molecular formula is C18H27NO3. The van der Waals surface area contributed by atoms with E-state index < -0.39 is 6.10 Å². The van der Waals surface area contributed by atoms with Gasteiger partial charge in [-0.3, -0.25) is 0 Å². The molecule has 1 aromatic carbocycles. The van der Waals surface area contributed by atoms with Gasteiger partial charge in [0.15, 0.2) is 0 Å². The maximum absolute atomic E-state index is 10.3. The van der Waals surface area contributed by atoms with Crippen LogP contribution in [0.2, 0.25) is 0 Å². The standard InChI is InChI=1S/C18H27NO3/c1-21-16-5-2-4-14(12-16)17(20)13-19-15-6-9-18(10-7-15)8-3-11-22-18/h2,4-5,12,15,17,19-20H,3,6-11,13H2,1H3. The van der Waals surface area contributed by atoms with Crippen LogP contribution in [0.25, 0.3) is 0 Å². The molecule has 2 aliphatic rings. The highest BCUT2D eigenvalue weighted by atomic mass is 16.5. The molecule has 1 unspecified atom stereocenters. The van der Waals surface area contributed by atoms with Crippen molar-refractivity contribution < 1.29 is 14.6 Å². The molecule has 1 aliphatic heterocycles. The van der Waals surface area contributed by atoms with Gasteiger partial charge in [-0.05, 0) is 56.2 Å². The predicted molar refractivity (Wildman–Crippen MR) is 86.1 cm³/mol. The number of nitrogens with one attached hydrogen (secondary N) is 1. The SMILES string of the molecule is COc1cccc(C(O)CNC2CCC3(CCCO3)CC2)c1. The summed E-state index contributed by atoms with van der Waals surface area (Å²) < 4.78 is 11.2. The summed E-state index contributed by atoms with van der Waals surface area (Å²) in [6.07, 6.45) is 6.54. The van der Waals surface area contributed by atoms with Crippen molar-refractivity contribution in [3.63, 3.8) is 0 Å². The van der Waals surface area contributed by atoms with Gasteiger partial charge in [0, 0.05) is 19.2 Å². The van der Waals surface area contributed by atoms with Crippen molar-refractivity contribution in [3.8, 4) is 5.75 Å². The van der Waals surface area contributed by atoms with Crippen molar-refractivity contribution in [2.45, 2.75) is 56.3 Å². The van der Waals surface area contributed by atoms with Crippen molar-refractivity contribution in [1.29, 1.82) is 0 Å². The van der Waals surface area contributed by atoms with E-state index in [1.807, 2.05) is 24.3 Å². The molecule has 1 spiro atoms. The van der Waals surface area contributed by atoms with Gasteiger partial charge >= 0.3 is 0 Å². The van der Waals surface area contributed by atoms with E-state index in [0.717, 1.165) is 43.6 Å². The zero-order valence-corrected chi connectivity index (χ0v) is 13.4. The van der Waals surface area contributed by atoms with Gasteiger partial charge in [-0.2, -0.15) is 0 Å². The van der Waals surface area contributed by atoms with Crippen molar-refractivity contribution in [2.75, 3.05) is 20.3 Å². The topological polar surface area (TPSA) is 50.7 Å². The highest BCUT2D eigenvalue weighted by molar-refractivity contribution is 5.29. The van der Waals surface area contributed by atoms with E-state index in [1.54, 1.807) is 7.11 Å². The van der Waals surface area contributed by atoms with Crippen LogP contribution in [0.3, 0.4) is 0 Å². The highest BCUT2D eigenvalue weighted by Gasteiger charge is 2.38. The molecule has 1 atom stereocenters. The number of ether oxygens (including phenoxy) is 2. The number of benzene rings is 1. The third-order valence-corrected chi connectivity index (χ3v) is 5.16. The molecule has 122 valence electrons. The molecule has 0 radical (unpaired) electrons. The van der Waals surface area contributed by atoms with Gasteiger partial charge in [-0.15, -0.1) is 0 Å². The lowest BCUT2D eigenvalue weighted by Crippen LogP contribution is -2.42. The van der Waals surface area contributed by atoms with E-state index in [4.69, 9.17) is 9.47 Å². The Labute approximate surface area is 132 Å². The van der Waals surface area contributed by atoms with Gasteiger partial charge in [0.2, 0.25) is 0 Å². The molecule has 2 fully saturated rings. The number of methoxy groups -OCH3 is 1. The Kier molecular flexibility index (Phi) is 5.01. The monoisotopic (exact) mass is 305 g/mol. The summed E-state index contributed by atoms with van der Waals surface area (Å²) in [4.78, 5) is 0. The Balaban J connectivity index is 1.46. The molecular weight excluding hydrogens is 278 g/mol. The number of hydrogen-bond donors (Lipinski definition) is 2. The predicted octanol–water partition coefficient (Wildman–Crippen LogP) is 2.81. The first-order valence-corrected chi connectivity index (χ1v) is 8.40. The quantitative estimate of drug-likeness (QED) is 0.878. The van der Waals surface area contributed by atoms with Crippen LogP contribution >= 0.6 is 0 Å². The van der Waals surface area contributed by atoms with Crippen molar-refractivity contribution in [3.05, 3.63) is 29.8 Å². The van der Waals surface area contributed by atoms with E-state index in [0.29, 0.717) is 12.6 Å². The summed E-state index contributed by atoms with van der Waals surface area (Å²) in [6.45, 7) is 1.53. The summed E-state index contributed by atoms with van der Waals surface area (Å²) >= 11 is 0. The van der Waals surface area contributed by atoms with E-state index in [1.165, 1.54) is 12.8 Å². The zero-order chi connectivity index (χ0) is 15.4. The molecule has 1 heterocycles. The Morgan fingerprint density at radius 3 is 2.86 bits per heavy atom. The fraction of sp³-hybridized carbons (Fsp3) is 0.667. The summed E-state index contributed by atoms with van der Waals surface area (Å²) in [5.41, 5.74) is 1.09. The molecule has 1 saturated carbocycles. The number of hydrogen-bond acceptors (Lipinski definition) is 4. The molecule has 1 aliphatic carbocycles. The molecule has 3 rings (SSSR count). The Morgan fingerprint density at radius 1 is 1.36 bits per heavy atom. The average molecular weight is 305 g/mol. The van der Waals surface area contributed by atoms with Gasteiger partial charge in [0.25, 0.3) is 0 Å². The van der Waals surface area contributed by atoms with Crippen molar-refractivity contribution in [1.82, 2.24) is 5.32 Å². The maximum atomic E-state index is 10.3. The minimum atomic E-state index is -0.492.